The van der Waals surface area contributed by atoms with Crippen molar-refractivity contribution in [1.82, 2.24) is 4.98 Å². The third-order valence-electron chi connectivity index (χ3n) is 7.22. The number of rotatable bonds is 6. The van der Waals surface area contributed by atoms with Crippen LogP contribution in [-0.2, 0) is 24.0 Å². The molecular formula is C39H39Cl2FeN3. The Labute approximate surface area is 283 Å². The molecule has 0 aliphatic heterocycles. The van der Waals surface area contributed by atoms with Crippen LogP contribution >= 0.6 is 20.2 Å². The van der Waals surface area contributed by atoms with E-state index in [-0.39, 0.29) is 24.0 Å². The van der Waals surface area contributed by atoms with E-state index in [0.717, 1.165) is 45.3 Å². The van der Waals surface area contributed by atoms with E-state index in [4.69, 9.17) is 35.2 Å². The summed E-state index contributed by atoms with van der Waals surface area (Å²) in [5.41, 5.74) is 9.48. The summed E-state index contributed by atoms with van der Waals surface area (Å²) in [6.45, 7) is 13.3. The minimum atomic E-state index is -0.0508. The van der Waals surface area contributed by atoms with Crippen LogP contribution in [0.3, 0.4) is 0 Å². The average Bonchev–Trinajstić information content (AvgIpc) is 3.03. The molecule has 0 amide bonds. The third kappa shape index (κ3) is 9.25. The molecule has 6 heteroatoms. The molecule has 0 unspecified atom stereocenters. The van der Waals surface area contributed by atoms with E-state index >= 15 is 0 Å². The molecule has 232 valence electrons. The van der Waals surface area contributed by atoms with E-state index in [1.54, 1.807) is 0 Å². The minimum absolute atomic E-state index is 0.0508. The maximum atomic E-state index is 5.28. The molecule has 0 saturated carbocycles. The zero-order valence-electron chi connectivity index (χ0n) is 26.6. The Hall–Kier alpha value is -3.53. The molecule has 0 bridgehead atoms. The first kappa shape index (κ1) is 34.3. The molecule has 1 heterocycles. The predicted molar refractivity (Wildman–Crippen MR) is 190 cm³/mol. The fourth-order valence-electron chi connectivity index (χ4n) is 5.08. The molecule has 0 atom stereocenters. The first-order chi connectivity index (χ1) is 21.5. The second-order valence-corrected chi connectivity index (χ2v) is 14.5. The van der Waals surface area contributed by atoms with Gasteiger partial charge in [-0.15, -0.1) is 0 Å². The van der Waals surface area contributed by atoms with Crippen LogP contribution in [0.2, 0.25) is 0 Å². The molecular weight excluding hydrogens is 637 g/mol. The molecule has 3 nitrogen and oxygen atoms in total. The van der Waals surface area contributed by atoms with Crippen molar-refractivity contribution in [3.63, 3.8) is 0 Å². The number of benzene rings is 4. The van der Waals surface area contributed by atoms with Crippen LogP contribution < -0.4 is 0 Å². The van der Waals surface area contributed by atoms with E-state index in [1.165, 1.54) is 11.1 Å². The van der Waals surface area contributed by atoms with Gasteiger partial charge in [0, 0.05) is 11.1 Å². The van der Waals surface area contributed by atoms with Crippen molar-refractivity contribution in [1.29, 1.82) is 0 Å². The van der Waals surface area contributed by atoms with Crippen molar-refractivity contribution in [2.45, 2.75) is 52.4 Å². The van der Waals surface area contributed by atoms with E-state index < -0.39 is 0 Å². The molecule has 0 spiro atoms. The third-order valence-corrected chi connectivity index (χ3v) is 7.22. The Morgan fingerprint density at radius 3 is 1.18 bits per heavy atom. The topological polar surface area (TPSA) is 37.6 Å². The first-order valence-corrected chi connectivity index (χ1v) is 17.9. The van der Waals surface area contributed by atoms with Crippen molar-refractivity contribution in [2.24, 2.45) is 9.98 Å². The quantitative estimate of drug-likeness (QED) is 0.130. The number of aromatic nitrogens is 1. The van der Waals surface area contributed by atoms with Gasteiger partial charge in [0.2, 0.25) is 0 Å². The summed E-state index contributed by atoms with van der Waals surface area (Å²) in [6, 6.07) is 43.5. The molecule has 1 aromatic heterocycles. The van der Waals surface area contributed by atoms with Crippen LogP contribution in [-0.4, -0.2) is 16.4 Å². The van der Waals surface area contributed by atoms with Crippen LogP contribution in [0, 0.1) is 0 Å². The predicted octanol–water partition coefficient (Wildman–Crippen LogP) is 11.4. The molecule has 0 N–H and O–H groups in total. The van der Waals surface area contributed by atoms with E-state index in [1.807, 2.05) is 60.7 Å². The second-order valence-electron chi connectivity index (χ2n) is 12.6. The molecule has 0 aliphatic carbocycles. The SMILES string of the molecule is CC(C)(C)c1ccccc1N=C(c1ccccc1)c1cccc(C(=Nc2ccccc2C(C)(C)C)c2ccccc2)n1.[Cl][Fe][Cl]. The Morgan fingerprint density at radius 1 is 0.489 bits per heavy atom. The normalized spacial score (nSPS) is 12.4. The Morgan fingerprint density at radius 2 is 0.822 bits per heavy atom. The summed E-state index contributed by atoms with van der Waals surface area (Å²) in [6.07, 6.45) is 0. The van der Waals surface area contributed by atoms with Gasteiger partial charge < -0.3 is 0 Å². The van der Waals surface area contributed by atoms with Crippen molar-refractivity contribution in [3.05, 3.63) is 161 Å². The first-order valence-electron chi connectivity index (χ1n) is 14.8. The summed E-state index contributed by atoms with van der Waals surface area (Å²) in [5, 5.41) is 0. The summed E-state index contributed by atoms with van der Waals surface area (Å²) in [4.78, 5) is 15.8. The van der Waals surface area contributed by atoms with Crippen molar-refractivity contribution in [3.8, 4) is 0 Å². The van der Waals surface area contributed by atoms with Gasteiger partial charge in [-0.3, -0.25) is 0 Å². The number of nitrogens with zero attached hydrogens (tertiary/aromatic N) is 3. The van der Waals surface area contributed by atoms with Gasteiger partial charge in [-0.1, -0.05) is 145 Å². The van der Waals surface area contributed by atoms with Crippen LogP contribution in [0.1, 0.15) is 75.2 Å². The number of pyridine rings is 1. The van der Waals surface area contributed by atoms with Gasteiger partial charge in [0.25, 0.3) is 0 Å². The van der Waals surface area contributed by atoms with Crippen molar-refractivity contribution >= 4 is 43.0 Å². The van der Waals surface area contributed by atoms with Crippen molar-refractivity contribution < 1.29 is 13.1 Å². The van der Waals surface area contributed by atoms with Gasteiger partial charge in [-0.25, -0.2) is 15.0 Å². The summed E-state index contributed by atoms with van der Waals surface area (Å²) >= 11 is 0.194. The molecule has 0 radical (unpaired) electrons. The summed E-state index contributed by atoms with van der Waals surface area (Å²) in [7, 11) is 9.53. The van der Waals surface area contributed by atoms with Gasteiger partial charge in [-0.2, -0.15) is 0 Å². The average molecular weight is 677 g/mol. The second kappa shape index (κ2) is 15.7. The maximum absolute atomic E-state index is 5.28. The number of hydrogen-bond donors (Lipinski definition) is 0. The molecule has 0 fully saturated rings. The van der Waals surface area contributed by atoms with Gasteiger partial charge in [0.1, 0.15) is 0 Å². The molecule has 0 aliphatic rings. The van der Waals surface area contributed by atoms with Crippen molar-refractivity contribution in [2.75, 3.05) is 0 Å². The molecule has 5 rings (SSSR count). The molecule has 5 aromatic rings. The Kier molecular flexibility index (Phi) is 11.9. The standard InChI is InChI=1S/C39H39N3.2ClH.Fe/c1-38(2,3)30-22-13-15-24-32(30)41-36(28-18-9-7-10-19-28)34-26-17-27-35(40-34)37(29-20-11-8-12-21-29)42-33-25-16-14-23-31(33)39(4,5)6;;;/h7-27H,1-6H3;2*1H;/q;;;+2/p-2. The zero-order valence-corrected chi connectivity index (χ0v) is 29.2. The van der Waals surface area contributed by atoms with Gasteiger partial charge in [0.05, 0.1) is 34.2 Å². The summed E-state index contributed by atoms with van der Waals surface area (Å²) < 4.78 is 0. The number of para-hydroxylation sites is 2. The number of hydrogen-bond acceptors (Lipinski definition) is 3. The van der Waals surface area contributed by atoms with Gasteiger partial charge in [-0.05, 0) is 46.2 Å². The fourth-order valence-corrected chi connectivity index (χ4v) is 5.08. The van der Waals surface area contributed by atoms with Gasteiger partial charge in [0.15, 0.2) is 0 Å². The zero-order chi connectivity index (χ0) is 32.5. The Balaban J connectivity index is 0.00000148. The monoisotopic (exact) mass is 675 g/mol. The molecule has 4 aromatic carbocycles. The van der Waals surface area contributed by atoms with Crippen LogP contribution in [0.25, 0.3) is 0 Å². The van der Waals surface area contributed by atoms with E-state index in [2.05, 4.69) is 108 Å². The van der Waals surface area contributed by atoms with Crippen LogP contribution in [0.15, 0.2) is 137 Å². The van der Waals surface area contributed by atoms with E-state index in [0.29, 0.717) is 0 Å². The molecule has 45 heavy (non-hydrogen) atoms. The van der Waals surface area contributed by atoms with Crippen LogP contribution in [0.5, 0.6) is 0 Å². The molecule has 0 saturated heterocycles. The fraction of sp³-hybridized carbons (Fsp3) is 0.205. The number of aliphatic imine (C=N–C) groups is 2. The van der Waals surface area contributed by atoms with E-state index in [9.17, 15) is 0 Å². The summed E-state index contributed by atoms with van der Waals surface area (Å²) in [5.74, 6) is 0. The van der Waals surface area contributed by atoms with Crippen LogP contribution in [0.4, 0.5) is 11.4 Å². The Bertz CT molecular complexity index is 1630. The number of halogens is 2. The van der Waals surface area contributed by atoms with Gasteiger partial charge >= 0.3 is 33.3 Å².